The van der Waals surface area contributed by atoms with Gasteiger partial charge >= 0.3 is 0 Å². The van der Waals surface area contributed by atoms with Crippen LogP contribution < -0.4 is 0 Å². The molecule has 1 rings (SSSR count). The molecule has 2 atom stereocenters. The van der Waals surface area contributed by atoms with Crippen LogP contribution >= 0.6 is 0 Å². The summed E-state index contributed by atoms with van der Waals surface area (Å²) in [5.74, 6) is -0.0564. The van der Waals surface area contributed by atoms with Crippen molar-refractivity contribution < 1.29 is 20.1 Å². The first kappa shape index (κ1) is 12.7. The summed E-state index contributed by atoms with van der Waals surface area (Å²) in [6, 6.07) is 4.81. The Morgan fingerprint density at radius 1 is 1.38 bits per heavy atom. The SMILES string of the molecule is C[C@H](O)[C@H](O)CCc1cccc(O)c1C=O. The molecule has 1 aromatic carbocycles. The molecule has 0 aliphatic carbocycles. The van der Waals surface area contributed by atoms with Gasteiger partial charge in [0.05, 0.1) is 17.8 Å². The summed E-state index contributed by atoms with van der Waals surface area (Å²) in [5, 5.41) is 28.0. The molecule has 88 valence electrons. The third-order valence-corrected chi connectivity index (χ3v) is 2.56. The van der Waals surface area contributed by atoms with Crippen LogP contribution in [-0.2, 0) is 6.42 Å². The van der Waals surface area contributed by atoms with Crippen molar-refractivity contribution in [3.05, 3.63) is 29.3 Å². The number of rotatable bonds is 5. The van der Waals surface area contributed by atoms with E-state index in [9.17, 15) is 15.0 Å². The highest BCUT2D eigenvalue weighted by Gasteiger charge is 2.13. The average molecular weight is 224 g/mol. The highest BCUT2D eigenvalue weighted by atomic mass is 16.3. The van der Waals surface area contributed by atoms with E-state index in [-0.39, 0.29) is 11.3 Å². The van der Waals surface area contributed by atoms with Crippen LogP contribution in [0.2, 0.25) is 0 Å². The highest BCUT2D eigenvalue weighted by molar-refractivity contribution is 5.81. The molecule has 1 aromatic rings. The Labute approximate surface area is 94.2 Å². The van der Waals surface area contributed by atoms with Gasteiger partial charge < -0.3 is 15.3 Å². The molecule has 0 aliphatic rings. The van der Waals surface area contributed by atoms with Gasteiger partial charge in [-0.15, -0.1) is 0 Å². The van der Waals surface area contributed by atoms with Crippen LogP contribution in [0.25, 0.3) is 0 Å². The van der Waals surface area contributed by atoms with Gasteiger partial charge in [-0.05, 0) is 31.4 Å². The molecule has 0 aromatic heterocycles. The van der Waals surface area contributed by atoms with Gasteiger partial charge in [0.2, 0.25) is 0 Å². The van der Waals surface area contributed by atoms with Gasteiger partial charge in [-0.3, -0.25) is 4.79 Å². The molecule has 0 saturated heterocycles. The number of aldehydes is 1. The summed E-state index contributed by atoms with van der Waals surface area (Å²) in [7, 11) is 0. The summed E-state index contributed by atoms with van der Waals surface area (Å²) in [6.07, 6.45) is -0.227. The van der Waals surface area contributed by atoms with E-state index in [2.05, 4.69) is 0 Å². The van der Waals surface area contributed by atoms with E-state index in [4.69, 9.17) is 5.11 Å². The molecule has 0 aliphatic heterocycles. The second kappa shape index (κ2) is 5.63. The smallest absolute Gasteiger partial charge is 0.154 e. The lowest BCUT2D eigenvalue weighted by Crippen LogP contribution is -2.23. The largest absolute Gasteiger partial charge is 0.507 e. The highest BCUT2D eigenvalue weighted by Crippen LogP contribution is 2.20. The molecule has 0 amide bonds. The lowest BCUT2D eigenvalue weighted by Gasteiger charge is -2.14. The monoisotopic (exact) mass is 224 g/mol. The van der Waals surface area contributed by atoms with E-state index in [1.807, 2.05) is 0 Å². The van der Waals surface area contributed by atoms with E-state index in [1.54, 1.807) is 12.1 Å². The number of aliphatic hydroxyl groups excluding tert-OH is 2. The Bertz CT molecular complexity index is 360. The van der Waals surface area contributed by atoms with E-state index >= 15 is 0 Å². The van der Waals surface area contributed by atoms with E-state index in [0.717, 1.165) is 0 Å². The lowest BCUT2D eigenvalue weighted by molar-refractivity contribution is 0.0265. The normalized spacial score (nSPS) is 14.4. The Hall–Kier alpha value is -1.39. The number of carbonyl (C=O) groups is 1. The van der Waals surface area contributed by atoms with Gasteiger partial charge in [0.25, 0.3) is 0 Å². The predicted molar refractivity (Wildman–Crippen MR) is 59.5 cm³/mol. The number of carbonyl (C=O) groups excluding carboxylic acids is 1. The van der Waals surface area contributed by atoms with E-state index < -0.39 is 12.2 Å². The Morgan fingerprint density at radius 2 is 2.06 bits per heavy atom. The second-order valence-corrected chi connectivity index (χ2v) is 3.81. The predicted octanol–water partition coefficient (Wildman–Crippen LogP) is 0.879. The standard InChI is InChI=1S/C12H16O4/c1-8(14)11(15)6-5-9-3-2-4-12(16)10(9)7-13/h2-4,7-8,11,14-16H,5-6H2,1H3/t8-,11+/m0/s1. The Kier molecular flexibility index (Phi) is 4.46. The zero-order chi connectivity index (χ0) is 12.1. The molecular weight excluding hydrogens is 208 g/mol. The average Bonchev–Trinajstić information content (AvgIpc) is 2.25. The number of phenolic OH excluding ortho intramolecular Hbond substituents is 1. The van der Waals surface area contributed by atoms with E-state index in [1.165, 1.54) is 13.0 Å². The number of benzene rings is 1. The fraction of sp³-hybridized carbons (Fsp3) is 0.417. The molecule has 0 radical (unpaired) electrons. The molecule has 0 saturated carbocycles. The number of phenols is 1. The van der Waals surface area contributed by atoms with Crippen LogP contribution in [0.3, 0.4) is 0 Å². The molecule has 4 nitrogen and oxygen atoms in total. The fourth-order valence-electron chi connectivity index (χ4n) is 1.50. The van der Waals surface area contributed by atoms with Crippen molar-refractivity contribution in [2.24, 2.45) is 0 Å². The number of aryl methyl sites for hydroxylation is 1. The van der Waals surface area contributed by atoms with Crippen LogP contribution in [-0.4, -0.2) is 33.8 Å². The van der Waals surface area contributed by atoms with Crippen molar-refractivity contribution in [3.8, 4) is 5.75 Å². The van der Waals surface area contributed by atoms with Gasteiger partial charge in [0.15, 0.2) is 6.29 Å². The fourth-order valence-corrected chi connectivity index (χ4v) is 1.50. The summed E-state index contributed by atoms with van der Waals surface area (Å²) >= 11 is 0. The molecule has 0 bridgehead atoms. The first-order chi connectivity index (χ1) is 7.56. The number of aromatic hydroxyl groups is 1. The third-order valence-electron chi connectivity index (χ3n) is 2.56. The van der Waals surface area contributed by atoms with Crippen molar-refractivity contribution in [1.82, 2.24) is 0 Å². The van der Waals surface area contributed by atoms with Gasteiger partial charge in [0, 0.05) is 0 Å². The van der Waals surface area contributed by atoms with Crippen LogP contribution in [0.1, 0.15) is 29.3 Å². The maximum absolute atomic E-state index is 10.8. The molecule has 0 spiro atoms. The lowest BCUT2D eigenvalue weighted by atomic mass is 9.99. The number of hydrogen-bond acceptors (Lipinski definition) is 4. The van der Waals surface area contributed by atoms with Crippen LogP contribution in [0.4, 0.5) is 0 Å². The Morgan fingerprint density at radius 3 is 2.62 bits per heavy atom. The molecule has 4 heteroatoms. The minimum Gasteiger partial charge on any atom is -0.507 e. The number of hydrogen-bond donors (Lipinski definition) is 3. The minimum absolute atomic E-state index is 0.0564. The van der Waals surface area contributed by atoms with Crippen LogP contribution in [0.15, 0.2) is 18.2 Å². The first-order valence-electron chi connectivity index (χ1n) is 5.18. The van der Waals surface area contributed by atoms with E-state index in [0.29, 0.717) is 24.7 Å². The van der Waals surface area contributed by atoms with Crippen LogP contribution in [0, 0.1) is 0 Å². The maximum atomic E-state index is 10.8. The second-order valence-electron chi connectivity index (χ2n) is 3.81. The molecular formula is C12H16O4. The van der Waals surface area contributed by atoms with Gasteiger partial charge in [-0.2, -0.15) is 0 Å². The summed E-state index contributed by atoms with van der Waals surface area (Å²) < 4.78 is 0. The molecule has 3 N–H and O–H groups in total. The first-order valence-corrected chi connectivity index (χ1v) is 5.18. The van der Waals surface area contributed by atoms with Crippen molar-refractivity contribution in [2.45, 2.75) is 32.0 Å². The summed E-state index contributed by atoms with van der Waals surface area (Å²) in [6.45, 7) is 1.51. The van der Waals surface area contributed by atoms with Crippen molar-refractivity contribution >= 4 is 6.29 Å². The molecule has 0 unspecified atom stereocenters. The zero-order valence-electron chi connectivity index (χ0n) is 9.13. The maximum Gasteiger partial charge on any atom is 0.154 e. The van der Waals surface area contributed by atoms with Gasteiger partial charge in [-0.1, -0.05) is 12.1 Å². The quantitative estimate of drug-likeness (QED) is 0.649. The van der Waals surface area contributed by atoms with Crippen molar-refractivity contribution in [3.63, 3.8) is 0 Å². The topological polar surface area (TPSA) is 77.8 Å². The zero-order valence-corrected chi connectivity index (χ0v) is 9.13. The molecule has 0 heterocycles. The summed E-state index contributed by atoms with van der Waals surface area (Å²) in [4.78, 5) is 10.8. The summed E-state index contributed by atoms with van der Waals surface area (Å²) in [5.41, 5.74) is 0.926. The van der Waals surface area contributed by atoms with Crippen LogP contribution in [0.5, 0.6) is 5.75 Å². The Balaban J connectivity index is 2.74. The number of aliphatic hydroxyl groups is 2. The van der Waals surface area contributed by atoms with Gasteiger partial charge in [0.1, 0.15) is 5.75 Å². The third kappa shape index (κ3) is 3.05. The minimum atomic E-state index is -0.818. The van der Waals surface area contributed by atoms with Crippen molar-refractivity contribution in [1.29, 1.82) is 0 Å². The molecule has 0 fully saturated rings. The van der Waals surface area contributed by atoms with Crippen molar-refractivity contribution in [2.75, 3.05) is 0 Å². The molecule has 16 heavy (non-hydrogen) atoms. The van der Waals surface area contributed by atoms with Gasteiger partial charge in [-0.25, -0.2) is 0 Å².